The summed E-state index contributed by atoms with van der Waals surface area (Å²) >= 11 is 0. The quantitative estimate of drug-likeness (QED) is 0.310. The molecule has 0 spiro atoms. The molecule has 3 aromatic rings. The Labute approximate surface area is 219 Å². The Morgan fingerprint density at radius 3 is 2.49 bits per heavy atom. The Morgan fingerprint density at radius 1 is 1.16 bits per heavy atom. The highest BCUT2D eigenvalue weighted by molar-refractivity contribution is 5.98. The second-order valence-electron chi connectivity index (χ2n) is 9.81. The molecule has 0 aliphatic heterocycles. The predicted octanol–water partition coefficient (Wildman–Crippen LogP) is 5.92. The molecule has 9 heteroatoms. The van der Waals surface area contributed by atoms with Crippen molar-refractivity contribution in [2.45, 2.75) is 65.9 Å². The molecule has 0 aliphatic rings. The maximum Gasteiger partial charge on any atom is 0.420 e. The number of nitrogens with two attached hydrogens (primary N) is 1. The zero-order chi connectivity index (χ0) is 27.0. The molecule has 37 heavy (non-hydrogen) atoms. The Morgan fingerprint density at radius 2 is 1.86 bits per heavy atom. The lowest BCUT2D eigenvalue weighted by molar-refractivity contribution is 0.0597. The summed E-state index contributed by atoms with van der Waals surface area (Å²) in [7, 11) is 0. The van der Waals surface area contributed by atoms with Crippen molar-refractivity contribution in [3.05, 3.63) is 47.7 Å². The van der Waals surface area contributed by atoms with E-state index in [0.29, 0.717) is 53.7 Å². The van der Waals surface area contributed by atoms with Gasteiger partial charge in [-0.15, -0.1) is 0 Å². The van der Waals surface area contributed by atoms with Gasteiger partial charge in [-0.25, -0.2) is 14.2 Å². The van der Waals surface area contributed by atoms with Gasteiger partial charge in [0.25, 0.3) is 0 Å². The maximum absolute atomic E-state index is 13.7. The average molecular weight is 507 g/mol. The fourth-order valence-corrected chi connectivity index (χ4v) is 4.16. The number of aromatic nitrogens is 2. The number of nitriles is 1. The highest BCUT2D eigenvalue weighted by atomic mass is 16.6. The number of fused-ring (bicyclic) bond motifs is 1. The van der Waals surface area contributed by atoms with E-state index in [4.69, 9.17) is 15.2 Å². The molecule has 0 aliphatic carbocycles. The van der Waals surface area contributed by atoms with Crippen LogP contribution in [0, 0.1) is 18.3 Å². The summed E-state index contributed by atoms with van der Waals surface area (Å²) in [5.41, 5.74) is 7.97. The van der Waals surface area contributed by atoms with Crippen LogP contribution in [-0.2, 0) is 4.74 Å². The molecule has 2 aromatic heterocycles. The molecule has 0 atom stereocenters. The zero-order valence-corrected chi connectivity index (χ0v) is 22.5. The Balaban J connectivity index is 2.13. The molecule has 1 aromatic carbocycles. The third kappa shape index (κ3) is 6.71. The van der Waals surface area contributed by atoms with E-state index in [1.807, 2.05) is 58.9 Å². The number of hydrogen-bond acceptors (Lipinski definition) is 7. The number of ether oxygens (including phenoxy) is 2. The highest BCUT2D eigenvalue weighted by Gasteiger charge is 2.30. The van der Waals surface area contributed by atoms with Crippen molar-refractivity contribution in [3.8, 4) is 11.8 Å². The van der Waals surface area contributed by atoms with Crippen LogP contribution in [0.4, 0.5) is 22.0 Å². The molecule has 198 valence electrons. The number of carbonyl (C=O) groups excluding carboxylic acids is 1. The van der Waals surface area contributed by atoms with Crippen LogP contribution in [0.15, 0.2) is 36.5 Å². The fraction of sp³-hybridized carbons (Fsp3) is 0.464. The van der Waals surface area contributed by atoms with Gasteiger partial charge in [-0.2, -0.15) is 10.4 Å². The van der Waals surface area contributed by atoms with Gasteiger partial charge >= 0.3 is 6.09 Å². The van der Waals surface area contributed by atoms with E-state index < -0.39 is 11.7 Å². The van der Waals surface area contributed by atoms with Gasteiger partial charge in [0, 0.05) is 12.1 Å². The minimum absolute atomic E-state index is 0.483. The molecule has 0 bridgehead atoms. The van der Waals surface area contributed by atoms with Crippen molar-refractivity contribution in [2.24, 2.45) is 5.73 Å². The molecule has 2 heterocycles. The first-order chi connectivity index (χ1) is 17.7. The second-order valence-corrected chi connectivity index (χ2v) is 9.81. The van der Waals surface area contributed by atoms with E-state index in [1.54, 1.807) is 16.8 Å². The van der Waals surface area contributed by atoms with Crippen LogP contribution in [0.25, 0.3) is 5.52 Å². The van der Waals surface area contributed by atoms with E-state index in [1.165, 1.54) is 4.90 Å². The van der Waals surface area contributed by atoms with Crippen molar-refractivity contribution >= 4 is 28.8 Å². The second kappa shape index (κ2) is 12.5. The predicted molar refractivity (Wildman–Crippen MR) is 147 cm³/mol. The number of unbranched alkanes of at least 4 members (excludes halogenated alkanes) is 3. The highest BCUT2D eigenvalue weighted by Crippen LogP contribution is 2.38. The minimum atomic E-state index is -0.713. The van der Waals surface area contributed by atoms with Crippen LogP contribution in [0.5, 0.6) is 5.75 Å². The number of carbonyl (C=O) groups is 1. The van der Waals surface area contributed by atoms with Crippen molar-refractivity contribution in [1.29, 1.82) is 5.26 Å². The summed E-state index contributed by atoms with van der Waals surface area (Å²) in [6, 6.07) is 11.4. The number of nitrogens with zero attached hydrogens (tertiary/aromatic N) is 4. The first-order valence-electron chi connectivity index (χ1n) is 12.8. The molecule has 3 rings (SSSR count). The summed E-state index contributed by atoms with van der Waals surface area (Å²) in [5.74, 6) is 1.20. The van der Waals surface area contributed by atoms with E-state index >= 15 is 0 Å². The van der Waals surface area contributed by atoms with Crippen LogP contribution in [0.3, 0.4) is 0 Å². The summed E-state index contributed by atoms with van der Waals surface area (Å²) in [4.78, 5) is 15.2. The largest absolute Gasteiger partial charge is 0.494 e. The number of nitrogens with one attached hydrogen (secondary N) is 1. The molecule has 9 nitrogen and oxygen atoms in total. The van der Waals surface area contributed by atoms with Gasteiger partial charge in [0.2, 0.25) is 0 Å². The molecular weight excluding hydrogens is 468 g/mol. The SMILES string of the molecule is CCOc1ccc(N(C(=O)OC(C)(C)C)c2c(C)c(NCCCCCCN)c(C#N)c3ccnn23)cc1. The van der Waals surface area contributed by atoms with Gasteiger partial charge in [0.15, 0.2) is 0 Å². The normalized spacial score (nSPS) is 11.3. The van der Waals surface area contributed by atoms with Crippen molar-refractivity contribution in [2.75, 3.05) is 29.9 Å². The molecule has 0 unspecified atom stereocenters. The number of hydrogen-bond donors (Lipinski definition) is 2. The number of anilines is 3. The molecule has 0 radical (unpaired) electrons. The molecule has 0 fully saturated rings. The Bertz CT molecular complexity index is 1240. The van der Waals surface area contributed by atoms with Gasteiger partial charge in [-0.05, 0) is 84.3 Å². The first kappa shape index (κ1) is 27.8. The van der Waals surface area contributed by atoms with Crippen LogP contribution in [0.1, 0.15) is 64.5 Å². The summed E-state index contributed by atoms with van der Waals surface area (Å²) < 4.78 is 13.0. The summed E-state index contributed by atoms with van der Waals surface area (Å²) in [6.07, 6.45) is 5.14. The van der Waals surface area contributed by atoms with Crippen LogP contribution in [-0.4, -0.2) is 41.0 Å². The van der Waals surface area contributed by atoms with Crippen molar-refractivity contribution in [1.82, 2.24) is 9.61 Å². The van der Waals surface area contributed by atoms with E-state index in [0.717, 1.165) is 31.2 Å². The van der Waals surface area contributed by atoms with E-state index in [9.17, 15) is 10.1 Å². The van der Waals surface area contributed by atoms with Crippen LogP contribution in [0.2, 0.25) is 0 Å². The smallest absolute Gasteiger partial charge is 0.420 e. The number of pyridine rings is 1. The number of rotatable bonds is 11. The minimum Gasteiger partial charge on any atom is -0.494 e. The van der Waals surface area contributed by atoms with Gasteiger partial charge in [-0.1, -0.05) is 12.8 Å². The first-order valence-corrected chi connectivity index (χ1v) is 12.8. The number of amides is 1. The van der Waals surface area contributed by atoms with Crippen LogP contribution >= 0.6 is 0 Å². The third-order valence-corrected chi connectivity index (χ3v) is 5.80. The summed E-state index contributed by atoms with van der Waals surface area (Å²) in [6.45, 7) is 11.2. The topological polar surface area (TPSA) is 118 Å². The van der Waals surface area contributed by atoms with Gasteiger partial charge in [0.05, 0.1) is 29.7 Å². The Hall–Kier alpha value is -3.77. The van der Waals surface area contributed by atoms with Crippen molar-refractivity contribution in [3.63, 3.8) is 0 Å². The van der Waals surface area contributed by atoms with E-state index in [2.05, 4.69) is 16.5 Å². The van der Waals surface area contributed by atoms with Gasteiger partial charge in [-0.3, -0.25) is 0 Å². The van der Waals surface area contributed by atoms with Gasteiger partial charge in [0.1, 0.15) is 28.8 Å². The average Bonchev–Trinajstić information content (AvgIpc) is 3.32. The molecule has 0 saturated carbocycles. The summed E-state index contributed by atoms with van der Waals surface area (Å²) in [5, 5.41) is 18.0. The lowest BCUT2D eigenvalue weighted by Crippen LogP contribution is -2.35. The lowest BCUT2D eigenvalue weighted by atomic mass is 10.1. The van der Waals surface area contributed by atoms with Crippen molar-refractivity contribution < 1.29 is 14.3 Å². The lowest BCUT2D eigenvalue weighted by Gasteiger charge is -2.30. The molecule has 0 saturated heterocycles. The van der Waals surface area contributed by atoms with Gasteiger partial charge < -0.3 is 20.5 Å². The van der Waals surface area contributed by atoms with E-state index in [-0.39, 0.29) is 0 Å². The molecule has 1 amide bonds. The number of benzene rings is 1. The zero-order valence-electron chi connectivity index (χ0n) is 22.5. The standard InChI is InChI=1S/C28H38N6O3/c1-6-36-22-13-11-21(12-14-22)33(27(35)37-28(3,4)5)26-20(2)25(31-17-10-8-7-9-16-29)23(19-30)24-15-18-32-34(24)26/h11-15,18,31H,6-10,16-17,29H2,1-5H3. The third-order valence-electron chi connectivity index (χ3n) is 5.80. The maximum atomic E-state index is 13.7. The molecular formula is C28H38N6O3. The Kier molecular flexibility index (Phi) is 9.36. The monoisotopic (exact) mass is 506 g/mol. The molecule has 3 N–H and O–H groups in total. The van der Waals surface area contributed by atoms with Crippen LogP contribution < -0.4 is 20.7 Å². The fourth-order valence-electron chi connectivity index (χ4n) is 4.16.